The smallest absolute Gasteiger partial charge is 0.242 e. The first-order chi connectivity index (χ1) is 11.0. The normalized spacial score (nSPS) is 20.5. The fraction of sp³-hybridized carbons (Fsp3) is 0.235. The molecule has 23 heavy (non-hydrogen) atoms. The highest BCUT2D eigenvalue weighted by molar-refractivity contribution is 6.31. The Hall–Kier alpha value is -1.95. The molecule has 120 valence electrons. The third-order valence-electron chi connectivity index (χ3n) is 3.94. The zero-order chi connectivity index (χ0) is 16.4. The Morgan fingerprint density at radius 1 is 1.26 bits per heavy atom. The largest absolute Gasteiger partial charge is 0.325 e. The van der Waals surface area contributed by atoms with Gasteiger partial charge in [-0.2, -0.15) is 0 Å². The molecular weight excluding hydrogens is 317 g/mol. The van der Waals surface area contributed by atoms with Gasteiger partial charge in [-0.15, -0.1) is 0 Å². The van der Waals surface area contributed by atoms with Crippen molar-refractivity contribution in [2.24, 2.45) is 0 Å². The van der Waals surface area contributed by atoms with Crippen LogP contribution in [0.4, 0.5) is 10.1 Å². The second kappa shape index (κ2) is 6.66. The fourth-order valence-corrected chi connectivity index (χ4v) is 2.86. The number of carbonyl (C=O) groups is 1. The van der Waals surface area contributed by atoms with Crippen LogP contribution in [0.15, 0.2) is 42.5 Å². The lowest BCUT2D eigenvalue weighted by atomic mass is 10.0. The summed E-state index contributed by atoms with van der Waals surface area (Å²) in [7, 11) is 0. The first-order valence-electron chi connectivity index (χ1n) is 7.37. The highest BCUT2D eigenvalue weighted by atomic mass is 35.5. The van der Waals surface area contributed by atoms with Gasteiger partial charge in [0.1, 0.15) is 11.9 Å². The molecule has 1 amide bonds. The van der Waals surface area contributed by atoms with Gasteiger partial charge in [-0.25, -0.2) is 15.2 Å². The van der Waals surface area contributed by atoms with Crippen LogP contribution in [0.3, 0.4) is 0 Å². The van der Waals surface area contributed by atoms with Crippen LogP contribution in [-0.2, 0) is 4.79 Å². The lowest BCUT2D eigenvalue weighted by Crippen LogP contribution is -2.39. The Morgan fingerprint density at radius 3 is 2.78 bits per heavy atom. The SMILES string of the molecule is Cc1ccc(NC(=O)C2CC(c3ccccc3Cl)NN2)cc1F. The van der Waals surface area contributed by atoms with Crippen molar-refractivity contribution in [3.8, 4) is 0 Å². The van der Waals surface area contributed by atoms with Gasteiger partial charge in [0.2, 0.25) is 5.91 Å². The minimum Gasteiger partial charge on any atom is -0.325 e. The molecule has 0 aromatic heterocycles. The maximum atomic E-state index is 13.5. The van der Waals surface area contributed by atoms with Crippen molar-refractivity contribution in [2.75, 3.05) is 5.32 Å². The number of nitrogens with one attached hydrogen (secondary N) is 3. The molecule has 3 N–H and O–H groups in total. The molecule has 2 aromatic carbocycles. The summed E-state index contributed by atoms with van der Waals surface area (Å²) in [5, 5.41) is 3.38. The molecule has 1 heterocycles. The van der Waals surface area contributed by atoms with E-state index in [1.807, 2.05) is 24.3 Å². The number of hydrogen-bond acceptors (Lipinski definition) is 3. The number of rotatable bonds is 3. The first kappa shape index (κ1) is 15.9. The Morgan fingerprint density at radius 2 is 2.04 bits per heavy atom. The molecule has 0 radical (unpaired) electrons. The van der Waals surface area contributed by atoms with E-state index in [-0.39, 0.29) is 17.8 Å². The number of halogens is 2. The standard InChI is InChI=1S/C17H17ClFN3O/c1-10-6-7-11(8-14(10)19)20-17(23)16-9-15(21-22-16)12-4-2-3-5-13(12)18/h2-8,15-16,21-22H,9H2,1H3,(H,20,23). The van der Waals surface area contributed by atoms with Crippen molar-refractivity contribution in [3.63, 3.8) is 0 Å². The van der Waals surface area contributed by atoms with E-state index in [0.717, 1.165) is 5.56 Å². The topological polar surface area (TPSA) is 53.2 Å². The number of anilines is 1. The quantitative estimate of drug-likeness (QED) is 0.807. The van der Waals surface area contributed by atoms with E-state index in [1.165, 1.54) is 6.07 Å². The van der Waals surface area contributed by atoms with Crippen LogP contribution >= 0.6 is 11.6 Å². The third kappa shape index (κ3) is 3.52. The maximum Gasteiger partial charge on any atom is 0.242 e. The molecule has 2 unspecified atom stereocenters. The van der Waals surface area contributed by atoms with Crippen molar-refractivity contribution in [2.45, 2.75) is 25.4 Å². The summed E-state index contributed by atoms with van der Waals surface area (Å²) >= 11 is 6.18. The second-order valence-corrected chi connectivity index (χ2v) is 6.01. The van der Waals surface area contributed by atoms with Gasteiger partial charge >= 0.3 is 0 Å². The van der Waals surface area contributed by atoms with Crippen molar-refractivity contribution >= 4 is 23.2 Å². The molecule has 2 aromatic rings. The van der Waals surface area contributed by atoms with E-state index in [2.05, 4.69) is 16.2 Å². The number of benzene rings is 2. The van der Waals surface area contributed by atoms with E-state index in [0.29, 0.717) is 22.7 Å². The Bertz CT molecular complexity index is 738. The Labute approximate surface area is 139 Å². The molecule has 0 aliphatic carbocycles. The molecule has 1 fully saturated rings. The van der Waals surface area contributed by atoms with Crippen LogP contribution in [0.2, 0.25) is 5.02 Å². The van der Waals surface area contributed by atoms with E-state index < -0.39 is 6.04 Å². The Kier molecular flexibility index (Phi) is 4.61. The van der Waals surface area contributed by atoms with Crippen LogP contribution < -0.4 is 16.2 Å². The average Bonchev–Trinajstić information content (AvgIpc) is 3.01. The second-order valence-electron chi connectivity index (χ2n) is 5.60. The highest BCUT2D eigenvalue weighted by Crippen LogP contribution is 2.28. The van der Waals surface area contributed by atoms with Crippen LogP contribution in [0.5, 0.6) is 0 Å². The molecule has 0 saturated carbocycles. The van der Waals surface area contributed by atoms with Gasteiger partial charge in [-0.1, -0.05) is 35.9 Å². The van der Waals surface area contributed by atoms with Crippen molar-refractivity contribution in [1.82, 2.24) is 10.9 Å². The monoisotopic (exact) mass is 333 g/mol. The molecule has 3 rings (SSSR count). The van der Waals surface area contributed by atoms with Crippen LogP contribution in [0, 0.1) is 12.7 Å². The van der Waals surface area contributed by atoms with Crippen LogP contribution in [0.25, 0.3) is 0 Å². The number of hydrogen-bond donors (Lipinski definition) is 3. The molecular formula is C17H17ClFN3O. The van der Waals surface area contributed by atoms with Gasteiger partial charge in [0, 0.05) is 16.8 Å². The molecule has 0 bridgehead atoms. The number of aryl methyl sites for hydroxylation is 1. The minimum absolute atomic E-state index is 0.0470. The summed E-state index contributed by atoms with van der Waals surface area (Å²) in [4.78, 5) is 12.3. The number of carbonyl (C=O) groups excluding carboxylic acids is 1. The molecule has 1 aliphatic heterocycles. The maximum absolute atomic E-state index is 13.5. The van der Waals surface area contributed by atoms with Gasteiger partial charge < -0.3 is 5.32 Å². The van der Waals surface area contributed by atoms with Crippen molar-refractivity contribution < 1.29 is 9.18 Å². The zero-order valence-electron chi connectivity index (χ0n) is 12.6. The van der Waals surface area contributed by atoms with E-state index >= 15 is 0 Å². The van der Waals surface area contributed by atoms with Crippen molar-refractivity contribution in [3.05, 3.63) is 64.4 Å². The van der Waals surface area contributed by atoms with E-state index in [4.69, 9.17) is 11.6 Å². The first-order valence-corrected chi connectivity index (χ1v) is 7.75. The van der Waals surface area contributed by atoms with Gasteiger partial charge in [0.05, 0.1) is 0 Å². The third-order valence-corrected chi connectivity index (χ3v) is 4.28. The summed E-state index contributed by atoms with van der Waals surface area (Å²) in [5.74, 6) is -0.551. The van der Waals surface area contributed by atoms with Gasteiger partial charge in [-0.3, -0.25) is 4.79 Å². The molecule has 1 saturated heterocycles. The molecule has 4 nitrogen and oxygen atoms in total. The van der Waals surface area contributed by atoms with E-state index in [9.17, 15) is 9.18 Å². The fourth-order valence-electron chi connectivity index (χ4n) is 2.59. The molecule has 1 aliphatic rings. The number of amides is 1. The summed E-state index contributed by atoms with van der Waals surface area (Å²) in [6.07, 6.45) is 0.559. The summed E-state index contributed by atoms with van der Waals surface area (Å²) in [5.41, 5.74) is 7.98. The van der Waals surface area contributed by atoms with Gasteiger partial charge in [-0.05, 0) is 42.7 Å². The summed E-state index contributed by atoms with van der Waals surface area (Å²) in [6, 6.07) is 11.7. The summed E-state index contributed by atoms with van der Waals surface area (Å²) in [6.45, 7) is 1.68. The zero-order valence-corrected chi connectivity index (χ0v) is 13.3. The lowest BCUT2D eigenvalue weighted by Gasteiger charge is -2.12. The Balaban J connectivity index is 1.65. The van der Waals surface area contributed by atoms with E-state index in [1.54, 1.807) is 19.1 Å². The molecule has 2 atom stereocenters. The van der Waals surface area contributed by atoms with Crippen molar-refractivity contribution in [1.29, 1.82) is 0 Å². The minimum atomic E-state index is -0.416. The lowest BCUT2D eigenvalue weighted by molar-refractivity contribution is -0.117. The van der Waals surface area contributed by atoms with Crippen LogP contribution in [-0.4, -0.2) is 11.9 Å². The average molecular weight is 334 g/mol. The molecule has 0 spiro atoms. The number of hydrazine groups is 1. The van der Waals surface area contributed by atoms with Gasteiger partial charge in [0.25, 0.3) is 0 Å². The van der Waals surface area contributed by atoms with Crippen LogP contribution in [0.1, 0.15) is 23.6 Å². The predicted octanol–water partition coefficient (Wildman–Crippen LogP) is 3.33. The molecule has 6 heteroatoms. The highest BCUT2D eigenvalue weighted by Gasteiger charge is 2.31. The summed E-state index contributed by atoms with van der Waals surface area (Å²) < 4.78 is 13.5. The predicted molar refractivity (Wildman–Crippen MR) is 88.6 cm³/mol. The van der Waals surface area contributed by atoms with Gasteiger partial charge in [0.15, 0.2) is 0 Å².